The maximum atomic E-state index is 12.0. The van der Waals surface area contributed by atoms with Crippen molar-refractivity contribution < 1.29 is 4.79 Å². The average Bonchev–Trinajstić information content (AvgIpc) is 2.49. The Morgan fingerprint density at radius 3 is 2.47 bits per heavy atom. The van der Waals surface area contributed by atoms with E-state index in [1.54, 1.807) is 0 Å². The van der Waals surface area contributed by atoms with Crippen LogP contribution in [0.2, 0.25) is 0 Å². The van der Waals surface area contributed by atoms with Gasteiger partial charge in [-0.3, -0.25) is 4.79 Å². The summed E-state index contributed by atoms with van der Waals surface area (Å²) in [7, 11) is 0. The van der Waals surface area contributed by atoms with Gasteiger partial charge >= 0.3 is 0 Å². The second kappa shape index (κ2) is 4.54. The van der Waals surface area contributed by atoms with Crippen molar-refractivity contribution >= 4 is 5.91 Å². The van der Waals surface area contributed by atoms with E-state index >= 15 is 0 Å². The van der Waals surface area contributed by atoms with Gasteiger partial charge in [-0.2, -0.15) is 0 Å². The van der Waals surface area contributed by atoms with Crippen molar-refractivity contribution in [3.05, 3.63) is 71.3 Å². The lowest BCUT2D eigenvalue weighted by atomic mass is 9.69. The predicted octanol–water partition coefficient (Wildman–Crippen LogP) is 3.13. The third kappa shape index (κ3) is 1.75. The Kier molecular flexibility index (Phi) is 2.86. The smallest absolute Gasteiger partial charge is 0.251 e. The number of fused-ring (bicyclic) bond motifs is 1. The summed E-state index contributed by atoms with van der Waals surface area (Å²) in [6.07, 6.45) is 0.967. The van der Waals surface area contributed by atoms with E-state index in [-0.39, 0.29) is 11.3 Å². The van der Waals surface area contributed by atoms with E-state index in [0.29, 0.717) is 6.54 Å². The Labute approximate surface area is 113 Å². The molecular formula is C17H17NO. The number of carbonyl (C=O) groups excluding carboxylic acids is 1. The normalized spacial score (nSPS) is 21.6. The molecule has 1 aliphatic heterocycles. The molecule has 2 heteroatoms. The lowest BCUT2D eigenvalue weighted by molar-refractivity contribution is 0.0930. The number of hydrogen-bond acceptors (Lipinski definition) is 1. The van der Waals surface area contributed by atoms with Crippen LogP contribution < -0.4 is 5.32 Å². The molecule has 1 aliphatic rings. The molecule has 0 saturated heterocycles. The highest BCUT2D eigenvalue weighted by Gasteiger charge is 2.39. The first kappa shape index (κ1) is 12.0. The van der Waals surface area contributed by atoms with Gasteiger partial charge in [0, 0.05) is 17.5 Å². The van der Waals surface area contributed by atoms with E-state index in [0.717, 1.165) is 17.5 Å². The summed E-state index contributed by atoms with van der Waals surface area (Å²) in [5.41, 5.74) is 3.11. The minimum atomic E-state index is -0.105. The lowest BCUT2D eigenvalue weighted by Gasteiger charge is -2.39. The fourth-order valence-corrected chi connectivity index (χ4v) is 3.05. The molecule has 1 atom stereocenters. The molecule has 0 aromatic heterocycles. The van der Waals surface area contributed by atoms with Crippen LogP contribution >= 0.6 is 0 Å². The molecule has 1 amide bonds. The van der Waals surface area contributed by atoms with Crippen molar-refractivity contribution in [3.8, 4) is 0 Å². The SMILES string of the molecule is CCC1(c2ccccc2)CNC(=O)c2ccccc21. The molecule has 0 radical (unpaired) electrons. The highest BCUT2D eigenvalue weighted by atomic mass is 16.1. The molecule has 3 rings (SSSR count). The molecule has 0 saturated carbocycles. The molecule has 1 N–H and O–H groups in total. The van der Waals surface area contributed by atoms with Crippen LogP contribution in [0.25, 0.3) is 0 Å². The zero-order valence-corrected chi connectivity index (χ0v) is 11.0. The first-order valence-electron chi connectivity index (χ1n) is 6.71. The zero-order valence-electron chi connectivity index (χ0n) is 11.0. The first-order chi connectivity index (χ1) is 9.28. The van der Waals surface area contributed by atoms with Crippen LogP contribution in [0.15, 0.2) is 54.6 Å². The Morgan fingerprint density at radius 2 is 1.74 bits per heavy atom. The summed E-state index contributed by atoms with van der Waals surface area (Å²) in [6.45, 7) is 2.85. The molecule has 0 aliphatic carbocycles. The number of hydrogen-bond donors (Lipinski definition) is 1. The molecule has 1 unspecified atom stereocenters. The second-order valence-electron chi connectivity index (χ2n) is 5.03. The van der Waals surface area contributed by atoms with Crippen molar-refractivity contribution in [2.75, 3.05) is 6.54 Å². The van der Waals surface area contributed by atoms with Crippen molar-refractivity contribution in [1.82, 2.24) is 5.32 Å². The number of carbonyl (C=O) groups is 1. The molecule has 96 valence electrons. The van der Waals surface area contributed by atoms with E-state index in [9.17, 15) is 4.79 Å². The van der Waals surface area contributed by atoms with Crippen LogP contribution in [0, 0.1) is 0 Å². The van der Waals surface area contributed by atoms with Crippen LogP contribution in [0.3, 0.4) is 0 Å². The Hall–Kier alpha value is -2.09. The largest absolute Gasteiger partial charge is 0.351 e. The maximum absolute atomic E-state index is 12.0. The summed E-state index contributed by atoms with van der Waals surface area (Å²) in [5, 5.41) is 3.04. The minimum absolute atomic E-state index is 0.0376. The van der Waals surface area contributed by atoms with Crippen molar-refractivity contribution in [2.45, 2.75) is 18.8 Å². The van der Waals surface area contributed by atoms with Crippen LogP contribution in [0.1, 0.15) is 34.8 Å². The quantitative estimate of drug-likeness (QED) is 0.873. The Bertz CT molecular complexity index is 606. The third-order valence-corrected chi connectivity index (χ3v) is 4.17. The van der Waals surface area contributed by atoms with Gasteiger partial charge in [0.1, 0.15) is 0 Å². The molecule has 0 fully saturated rings. The number of benzene rings is 2. The van der Waals surface area contributed by atoms with E-state index in [4.69, 9.17) is 0 Å². The summed E-state index contributed by atoms with van der Waals surface area (Å²) in [6, 6.07) is 18.4. The van der Waals surface area contributed by atoms with Crippen LogP contribution in [-0.4, -0.2) is 12.5 Å². The monoisotopic (exact) mass is 251 g/mol. The lowest BCUT2D eigenvalue weighted by Crippen LogP contribution is -2.47. The zero-order chi connectivity index (χ0) is 13.3. The van der Waals surface area contributed by atoms with Gasteiger partial charge in [-0.05, 0) is 23.6 Å². The van der Waals surface area contributed by atoms with Crippen molar-refractivity contribution in [1.29, 1.82) is 0 Å². The van der Waals surface area contributed by atoms with Gasteiger partial charge in [0.2, 0.25) is 0 Å². The molecule has 0 spiro atoms. The summed E-state index contributed by atoms with van der Waals surface area (Å²) in [4.78, 5) is 12.0. The van der Waals surface area contributed by atoms with Gasteiger partial charge in [0.15, 0.2) is 0 Å². The molecular weight excluding hydrogens is 234 g/mol. The molecule has 0 bridgehead atoms. The number of rotatable bonds is 2. The molecule has 2 aromatic rings. The Balaban J connectivity index is 2.24. The van der Waals surface area contributed by atoms with Gasteiger partial charge < -0.3 is 5.32 Å². The van der Waals surface area contributed by atoms with Crippen molar-refractivity contribution in [2.24, 2.45) is 0 Å². The van der Waals surface area contributed by atoms with Gasteiger partial charge in [-0.15, -0.1) is 0 Å². The fourth-order valence-electron chi connectivity index (χ4n) is 3.05. The maximum Gasteiger partial charge on any atom is 0.251 e. The third-order valence-electron chi connectivity index (χ3n) is 4.17. The topological polar surface area (TPSA) is 29.1 Å². The van der Waals surface area contributed by atoms with Gasteiger partial charge in [-0.1, -0.05) is 55.5 Å². The highest BCUT2D eigenvalue weighted by molar-refractivity contribution is 5.97. The van der Waals surface area contributed by atoms with Crippen LogP contribution in [0.5, 0.6) is 0 Å². The molecule has 1 heterocycles. The summed E-state index contributed by atoms with van der Waals surface area (Å²) < 4.78 is 0. The standard InChI is InChI=1S/C17H17NO/c1-2-17(13-8-4-3-5-9-13)12-18-16(19)14-10-6-7-11-15(14)17/h3-11H,2,12H2,1H3,(H,18,19). The van der Waals surface area contributed by atoms with E-state index < -0.39 is 0 Å². The first-order valence-corrected chi connectivity index (χ1v) is 6.71. The van der Waals surface area contributed by atoms with Crippen LogP contribution in [-0.2, 0) is 5.41 Å². The molecule has 2 aromatic carbocycles. The van der Waals surface area contributed by atoms with Gasteiger partial charge in [0.05, 0.1) is 0 Å². The van der Waals surface area contributed by atoms with E-state index in [2.05, 4.69) is 42.6 Å². The summed E-state index contributed by atoms with van der Waals surface area (Å²) >= 11 is 0. The van der Waals surface area contributed by atoms with Gasteiger partial charge in [-0.25, -0.2) is 0 Å². The van der Waals surface area contributed by atoms with Crippen LogP contribution in [0.4, 0.5) is 0 Å². The van der Waals surface area contributed by atoms with Crippen molar-refractivity contribution in [3.63, 3.8) is 0 Å². The number of amides is 1. The second-order valence-corrected chi connectivity index (χ2v) is 5.03. The molecule has 19 heavy (non-hydrogen) atoms. The Morgan fingerprint density at radius 1 is 1.05 bits per heavy atom. The number of nitrogens with one attached hydrogen (secondary N) is 1. The fraction of sp³-hybridized carbons (Fsp3) is 0.235. The molecule has 2 nitrogen and oxygen atoms in total. The van der Waals surface area contributed by atoms with E-state index in [1.807, 2.05) is 24.3 Å². The van der Waals surface area contributed by atoms with E-state index in [1.165, 1.54) is 5.56 Å². The minimum Gasteiger partial charge on any atom is -0.351 e. The average molecular weight is 251 g/mol. The highest BCUT2D eigenvalue weighted by Crippen LogP contribution is 2.39. The predicted molar refractivity (Wildman–Crippen MR) is 76.3 cm³/mol. The van der Waals surface area contributed by atoms with Gasteiger partial charge in [0.25, 0.3) is 5.91 Å². The summed E-state index contributed by atoms with van der Waals surface area (Å²) in [5.74, 6) is 0.0376.